The molecule has 0 aromatic rings. The van der Waals surface area contributed by atoms with Gasteiger partial charge < -0.3 is 10.5 Å². The predicted molar refractivity (Wildman–Crippen MR) is 60.1 cm³/mol. The Bertz CT molecular complexity index is 314. The smallest absolute Gasteiger partial charge is 0.337 e. The Morgan fingerprint density at radius 1 is 1.47 bits per heavy atom. The number of methoxy groups -OCH3 is 1. The summed E-state index contributed by atoms with van der Waals surface area (Å²) in [6.07, 6.45) is 5.68. The van der Waals surface area contributed by atoms with Crippen LogP contribution >= 0.6 is 0 Å². The normalized spacial score (nSPS) is 17.5. The molecule has 1 saturated carbocycles. The monoisotopic (exact) mass is 207 g/mol. The molecule has 0 aromatic heterocycles. The van der Waals surface area contributed by atoms with Crippen molar-refractivity contribution >= 4 is 5.97 Å². The molecule has 3 heteroatoms. The number of rotatable bonds is 5. The summed E-state index contributed by atoms with van der Waals surface area (Å²) in [7, 11) is 1.33. The second-order valence-electron chi connectivity index (χ2n) is 3.79. The quantitative estimate of drug-likeness (QED) is 0.423. The third-order valence-electron chi connectivity index (χ3n) is 2.50. The first-order chi connectivity index (χ1) is 7.06. The standard InChI is InChI=1S/C12H17NO2/c1-8(11(13)10-6-7-10)4-5-9(2)12(14)15-3/h4-5,10-11H,1-2,6-7,13H2,3H3/b5-4-. The summed E-state index contributed by atoms with van der Waals surface area (Å²) in [5.41, 5.74) is 7.06. The van der Waals surface area contributed by atoms with Gasteiger partial charge in [-0.25, -0.2) is 4.79 Å². The van der Waals surface area contributed by atoms with Crippen LogP contribution in [0.2, 0.25) is 0 Å². The third-order valence-corrected chi connectivity index (χ3v) is 2.50. The van der Waals surface area contributed by atoms with Crippen LogP contribution in [0.5, 0.6) is 0 Å². The molecule has 0 aliphatic heterocycles. The van der Waals surface area contributed by atoms with Crippen LogP contribution in [0.25, 0.3) is 0 Å². The second-order valence-corrected chi connectivity index (χ2v) is 3.79. The summed E-state index contributed by atoms with van der Waals surface area (Å²) in [6.45, 7) is 7.44. The zero-order valence-corrected chi connectivity index (χ0v) is 9.03. The zero-order chi connectivity index (χ0) is 11.4. The van der Waals surface area contributed by atoms with Crippen LogP contribution in [-0.2, 0) is 9.53 Å². The van der Waals surface area contributed by atoms with E-state index in [-0.39, 0.29) is 6.04 Å². The van der Waals surface area contributed by atoms with E-state index in [1.807, 2.05) is 0 Å². The van der Waals surface area contributed by atoms with Gasteiger partial charge in [-0.05, 0) is 30.4 Å². The fourth-order valence-corrected chi connectivity index (χ4v) is 1.28. The van der Waals surface area contributed by atoms with E-state index in [0.717, 1.165) is 5.57 Å². The van der Waals surface area contributed by atoms with Crippen molar-refractivity contribution in [3.8, 4) is 0 Å². The van der Waals surface area contributed by atoms with Crippen LogP contribution < -0.4 is 5.73 Å². The van der Waals surface area contributed by atoms with E-state index in [4.69, 9.17) is 5.73 Å². The van der Waals surface area contributed by atoms with Crippen molar-refractivity contribution in [2.24, 2.45) is 11.7 Å². The number of ether oxygens (including phenoxy) is 1. The van der Waals surface area contributed by atoms with E-state index in [2.05, 4.69) is 17.9 Å². The summed E-state index contributed by atoms with van der Waals surface area (Å²) in [4.78, 5) is 11.0. The molecule has 82 valence electrons. The minimum Gasteiger partial charge on any atom is -0.465 e. The average molecular weight is 207 g/mol. The number of carbonyl (C=O) groups is 1. The molecular formula is C12H17NO2. The fraction of sp³-hybridized carbons (Fsp3) is 0.417. The molecule has 1 aliphatic rings. The molecule has 0 saturated heterocycles. The topological polar surface area (TPSA) is 52.3 Å². The lowest BCUT2D eigenvalue weighted by atomic mass is 10.0. The van der Waals surface area contributed by atoms with Crippen molar-refractivity contribution in [3.63, 3.8) is 0 Å². The average Bonchev–Trinajstić information content (AvgIpc) is 3.06. The minimum absolute atomic E-state index is 0.00620. The maximum absolute atomic E-state index is 11.0. The van der Waals surface area contributed by atoms with E-state index in [0.29, 0.717) is 11.5 Å². The molecule has 0 amide bonds. The van der Waals surface area contributed by atoms with E-state index >= 15 is 0 Å². The van der Waals surface area contributed by atoms with Gasteiger partial charge in [-0.15, -0.1) is 0 Å². The van der Waals surface area contributed by atoms with Crippen LogP contribution in [0.4, 0.5) is 0 Å². The van der Waals surface area contributed by atoms with Gasteiger partial charge in [0.15, 0.2) is 0 Å². The lowest BCUT2D eigenvalue weighted by Crippen LogP contribution is -2.23. The SMILES string of the molecule is C=C(/C=C\C(=C)C(N)C1CC1)C(=O)OC. The summed E-state index contributed by atoms with van der Waals surface area (Å²) >= 11 is 0. The summed E-state index contributed by atoms with van der Waals surface area (Å²) in [5, 5.41) is 0. The van der Waals surface area contributed by atoms with Crippen molar-refractivity contribution in [2.75, 3.05) is 7.11 Å². The van der Waals surface area contributed by atoms with Crippen LogP contribution in [0, 0.1) is 5.92 Å². The molecule has 2 N–H and O–H groups in total. The molecule has 1 aliphatic carbocycles. The lowest BCUT2D eigenvalue weighted by molar-refractivity contribution is -0.135. The summed E-state index contributed by atoms with van der Waals surface area (Å²) in [6, 6.07) is 0.00620. The van der Waals surface area contributed by atoms with Gasteiger partial charge in [-0.2, -0.15) is 0 Å². The first-order valence-electron chi connectivity index (χ1n) is 4.96. The van der Waals surface area contributed by atoms with Gasteiger partial charge in [0, 0.05) is 6.04 Å². The summed E-state index contributed by atoms with van der Waals surface area (Å²) in [5.74, 6) is 0.132. The molecule has 0 spiro atoms. The molecule has 0 aromatic carbocycles. The van der Waals surface area contributed by atoms with Gasteiger partial charge in [-0.1, -0.05) is 19.2 Å². The maximum atomic E-state index is 11.0. The Labute approximate surface area is 90.3 Å². The van der Waals surface area contributed by atoms with Gasteiger partial charge >= 0.3 is 5.97 Å². The van der Waals surface area contributed by atoms with Gasteiger partial charge in [-0.3, -0.25) is 0 Å². The highest BCUT2D eigenvalue weighted by Gasteiger charge is 2.29. The molecule has 1 atom stereocenters. The molecule has 1 unspecified atom stereocenters. The van der Waals surface area contributed by atoms with Gasteiger partial charge in [0.05, 0.1) is 12.7 Å². The van der Waals surface area contributed by atoms with Crippen LogP contribution in [0.15, 0.2) is 36.5 Å². The van der Waals surface area contributed by atoms with Crippen molar-refractivity contribution in [2.45, 2.75) is 18.9 Å². The molecule has 0 heterocycles. The first-order valence-corrected chi connectivity index (χ1v) is 4.96. The number of hydrogen-bond donors (Lipinski definition) is 1. The molecule has 3 nitrogen and oxygen atoms in total. The van der Waals surface area contributed by atoms with E-state index in [9.17, 15) is 4.79 Å². The summed E-state index contributed by atoms with van der Waals surface area (Å²) < 4.78 is 4.51. The van der Waals surface area contributed by atoms with Crippen molar-refractivity contribution in [3.05, 3.63) is 36.5 Å². The lowest BCUT2D eigenvalue weighted by Gasteiger charge is -2.09. The molecule has 1 fully saturated rings. The van der Waals surface area contributed by atoms with E-state index in [1.54, 1.807) is 12.2 Å². The molecular weight excluding hydrogens is 190 g/mol. The zero-order valence-electron chi connectivity index (χ0n) is 9.03. The highest BCUT2D eigenvalue weighted by atomic mass is 16.5. The van der Waals surface area contributed by atoms with Crippen molar-refractivity contribution in [1.82, 2.24) is 0 Å². The Kier molecular flexibility index (Phi) is 3.86. The van der Waals surface area contributed by atoms with Gasteiger partial charge in [0.2, 0.25) is 0 Å². The van der Waals surface area contributed by atoms with Gasteiger partial charge in [0.25, 0.3) is 0 Å². The first kappa shape index (κ1) is 11.7. The van der Waals surface area contributed by atoms with Crippen LogP contribution in [-0.4, -0.2) is 19.1 Å². The van der Waals surface area contributed by atoms with Crippen molar-refractivity contribution < 1.29 is 9.53 Å². The number of nitrogens with two attached hydrogens (primary N) is 1. The molecule has 0 bridgehead atoms. The molecule has 1 rings (SSSR count). The fourth-order valence-electron chi connectivity index (χ4n) is 1.28. The Morgan fingerprint density at radius 3 is 2.53 bits per heavy atom. The Morgan fingerprint density at radius 2 is 2.07 bits per heavy atom. The van der Waals surface area contributed by atoms with Crippen LogP contribution in [0.3, 0.4) is 0 Å². The third kappa shape index (κ3) is 3.36. The maximum Gasteiger partial charge on any atom is 0.337 e. The number of esters is 1. The highest BCUT2D eigenvalue weighted by molar-refractivity contribution is 5.90. The van der Waals surface area contributed by atoms with Crippen molar-refractivity contribution in [1.29, 1.82) is 0 Å². The van der Waals surface area contributed by atoms with Gasteiger partial charge in [0.1, 0.15) is 0 Å². The number of carbonyl (C=O) groups excluding carboxylic acids is 1. The van der Waals surface area contributed by atoms with Crippen LogP contribution in [0.1, 0.15) is 12.8 Å². The Hall–Kier alpha value is -1.35. The number of hydrogen-bond acceptors (Lipinski definition) is 3. The molecule has 15 heavy (non-hydrogen) atoms. The minimum atomic E-state index is -0.431. The highest BCUT2D eigenvalue weighted by Crippen LogP contribution is 2.34. The molecule has 0 radical (unpaired) electrons. The predicted octanol–water partition coefficient (Wildman–Crippen LogP) is 1.57. The second kappa shape index (κ2) is 4.94. The largest absolute Gasteiger partial charge is 0.465 e. The van der Waals surface area contributed by atoms with E-state index in [1.165, 1.54) is 20.0 Å². The van der Waals surface area contributed by atoms with E-state index < -0.39 is 5.97 Å². The Balaban J connectivity index is 2.45.